The Kier molecular flexibility index (Phi) is 6.41. The number of H-pyrrole nitrogens is 1. The number of fused-ring (bicyclic) bond motifs is 1. The van der Waals surface area contributed by atoms with E-state index in [0.717, 1.165) is 11.3 Å². The fourth-order valence-electron chi connectivity index (χ4n) is 3.95. The number of carbonyl (C=O) groups excluding carboxylic acids is 2. The maximum Gasteiger partial charge on any atom is 0.328 e. The number of benzene rings is 2. The van der Waals surface area contributed by atoms with Crippen molar-refractivity contribution in [2.75, 3.05) is 13.7 Å². The van der Waals surface area contributed by atoms with Crippen LogP contribution in [0.2, 0.25) is 5.02 Å². The number of ether oxygens (including phenoxy) is 1. The lowest BCUT2D eigenvalue weighted by molar-refractivity contribution is -0.142. The van der Waals surface area contributed by atoms with Crippen LogP contribution in [0.3, 0.4) is 0 Å². The molecule has 0 spiro atoms. The molecular weight excluding hydrogens is 435 g/mol. The molecule has 2 unspecified atom stereocenters. The summed E-state index contributed by atoms with van der Waals surface area (Å²) in [6.07, 6.45) is 2.32. The van der Waals surface area contributed by atoms with Gasteiger partial charge in [-0.1, -0.05) is 48.0 Å². The molecule has 0 saturated heterocycles. The first-order valence-electron chi connectivity index (χ1n) is 10.1. The molecule has 2 N–H and O–H groups in total. The van der Waals surface area contributed by atoms with Crippen LogP contribution in [0.25, 0.3) is 0 Å². The Hall–Kier alpha value is -3.39. The molecule has 9 heteroatoms. The van der Waals surface area contributed by atoms with Crippen molar-refractivity contribution >= 4 is 23.6 Å². The monoisotopic (exact) mass is 456 g/mol. The van der Waals surface area contributed by atoms with Gasteiger partial charge in [0.1, 0.15) is 17.9 Å². The number of amides is 2. The number of hydrogen-bond donors (Lipinski definition) is 2. The predicted molar refractivity (Wildman–Crippen MR) is 117 cm³/mol. The molecular formula is C23H22ClFN4O3. The number of nitrogens with zero attached hydrogens (tertiary/aromatic N) is 2. The molecule has 32 heavy (non-hydrogen) atoms. The van der Waals surface area contributed by atoms with E-state index in [2.05, 4.69) is 15.3 Å². The second-order valence-electron chi connectivity index (χ2n) is 7.49. The zero-order valence-corrected chi connectivity index (χ0v) is 18.1. The Bertz CT molecular complexity index is 1120. The maximum absolute atomic E-state index is 14.8. The summed E-state index contributed by atoms with van der Waals surface area (Å²) < 4.78 is 19.7. The largest absolute Gasteiger partial charge is 0.467 e. The van der Waals surface area contributed by atoms with Gasteiger partial charge in [0.15, 0.2) is 0 Å². The highest BCUT2D eigenvalue weighted by Crippen LogP contribution is 2.35. The molecule has 7 nitrogen and oxygen atoms in total. The zero-order chi connectivity index (χ0) is 22.7. The molecule has 2 amide bonds. The minimum Gasteiger partial charge on any atom is -0.467 e. The Morgan fingerprint density at radius 2 is 2.09 bits per heavy atom. The van der Waals surface area contributed by atoms with Crippen molar-refractivity contribution in [3.05, 3.63) is 88.2 Å². The third-order valence-electron chi connectivity index (χ3n) is 5.51. The summed E-state index contributed by atoms with van der Waals surface area (Å²) in [5, 5.41) is 3.02. The number of aromatic amines is 1. The number of nitrogens with one attached hydrogen (secondary N) is 2. The van der Waals surface area contributed by atoms with Crippen LogP contribution in [-0.4, -0.2) is 46.6 Å². The van der Waals surface area contributed by atoms with Crippen LogP contribution in [0.4, 0.5) is 9.18 Å². The average Bonchev–Trinajstić information content (AvgIpc) is 3.27. The van der Waals surface area contributed by atoms with E-state index in [0.29, 0.717) is 18.7 Å². The molecule has 4 rings (SSSR count). The molecule has 3 aromatic rings. The highest BCUT2D eigenvalue weighted by atomic mass is 35.5. The van der Waals surface area contributed by atoms with E-state index in [1.165, 1.54) is 24.4 Å². The summed E-state index contributed by atoms with van der Waals surface area (Å²) in [6, 6.07) is 11.5. The Balaban J connectivity index is 1.63. The fourth-order valence-corrected chi connectivity index (χ4v) is 4.11. The number of halogens is 2. The normalized spacial score (nSPS) is 16.2. The third kappa shape index (κ3) is 4.45. The number of urea groups is 1. The lowest BCUT2D eigenvalue weighted by Crippen LogP contribution is -2.52. The van der Waals surface area contributed by atoms with Crippen molar-refractivity contribution in [3.63, 3.8) is 0 Å². The SMILES string of the molecule is COC(=O)C(Cc1ccccc1)NC(=O)N1CCc2[nH]cnc2C1c1ccc(Cl)cc1F. The van der Waals surface area contributed by atoms with Crippen molar-refractivity contribution in [2.45, 2.75) is 24.9 Å². The second-order valence-corrected chi connectivity index (χ2v) is 7.93. The summed E-state index contributed by atoms with van der Waals surface area (Å²) in [4.78, 5) is 34.6. The first kappa shape index (κ1) is 21.8. The van der Waals surface area contributed by atoms with Gasteiger partial charge in [-0.25, -0.2) is 19.0 Å². The fraction of sp³-hybridized carbons (Fsp3) is 0.261. The van der Waals surface area contributed by atoms with E-state index < -0.39 is 29.9 Å². The van der Waals surface area contributed by atoms with Gasteiger partial charge in [0.25, 0.3) is 0 Å². The van der Waals surface area contributed by atoms with Crippen LogP contribution >= 0.6 is 11.6 Å². The van der Waals surface area contributed by atoms with Crippen molar-refractivity contribution < 1.29 is 18.7 Å². The van der Waals surface area contributed by atoms with Gasteiger partial charge >= 0.3 is 12.0 Å². The van der Waals surface area contributed by atoms with Crippen LogP contribution in [0.5, 0.6) is 0 Å². The minimum absolute atomic E-state index is 0.258. The van der Waals surface area contributed by atoms with Crippen LogP contribution < -0.4 is 5.32 Å². The molecule has 1 aliphatic rings. The Morgan fingerprint density at radius 3 is 2.81 bits per heavy atom. The standard InChI is InChI=1S/C23H22ClFN4O3/c1-32-22(30)19(11-14-5-3-2-4-6-14)28-23(31)29-10-9-18-20(27-13-26-18)21(29)16-8-7-15(24)12-17(16)25/h2-8,12-13,19,21H,9-11H2,1H3,(H,26,27)(H,28,31). The van der Waals surface area contributed by atoms with E-state index >= 15 is 0 Å². The van der Waals surface area contributed by atoms with Crippen LogP contribution in [0.1, 0.15) is 28.6 Å². The van der Waals surface area contributed by atoms with Crippen molar-refractivity contribution in [1.82, 2.24) is 20.2 Å². The molecule has 166 valence electrons. The summed E-state index contributed by atoms with van der Waals surface area (Å²) >= 11 is 5.92. The van der Waals surface area contributed by atoms with Crippen molar-refractivity contribution in [2.24, 2.45) is 0 Å². The first-order valence-corrected chi connectivity index (χ1v) is 10.5. The summed E-state index contributed by atoms with van der Waals surface area (Å²) in [7, 11) is 1.27. The van der Waals surface area contributed by atoms with Gasteiger partial charge < -0.3 is 19.9 Å². The van der Waals surface area contributed by atoms with Crippen LogP contribution in [-0.2, 0) is 22.4 Å². The Labute approximate surface area is 189 Å². The van der Waals surface area contributed by atoms with Crippen molar-refractivity contribution in [3.8, 4) is 0 Å². The molecule has 0 radical (unpaired) electrons. The molecule has 0 aliphatic carbocycles. The van der Waals surface area contributed by atoms with E-state index in [1.807, 2.05) is 30.3 Å². The maximum atomic E-state index is 14.8. The molecule has 0 fully saturated rings. The van der Waals surface area contributed by atoms with Gasteiger partial charge in [-0.05, 0) is 17.7 Å². The lowest BCUT2D eigenvalue weighted by atomic mass is 9.95. The molecule has 2 aromatic carbocycles. The quantitative estimate of drug-likeness (QED) is 0.574. The van der Waals surface area contributed by atoms with E-state index in [9.17, 15) is 14.0 Å². The molecule has 2 atom stereocenters. The smallest absolute Gasteiger partial charge is 0.328 e. The number of methoxy groups -OCH3 is 1. The molecule has 0 saturated carbocycles. The third-order valence-corrected chi connectivity index (χ3v) is 5.74. The summed E-state index contributed by atoms with van der Waals surface area (Å²) in [5.74, 6) is -1.10. The highest BCUT2D eigenvalue weighted by Gasteiger charge is 2.37. The lowest BCUT2D eigenvalue weighted by Gasteiger charge is -2.36. The van der Waals surface area contributed by atoms with Crippen LogP contribution in [0.15, 0.2) is 54.9 Å². The van der Waals surface area contributed by atoms with Gasteiger partial charge in [0.05, 0.1) is 19.1 Å². The molecule has 1 aliphatic heterocycles. The number of hydrogen-bond acceptors (Lipinski definition) is 4. The highest BCUT2D eigenvalue weighted by molar-refractivity contribution is 6.30. The second kappa shape index (κ2) is 9.40. The minimum atomic E-state index is -0.897. The van der Waals surface area contributed by atoms with Gasteiger partial charge in [-0.3, -0.25) is 0 Å². The van der Waals surface area contributed by atoms with E-state index in [-0.39, 0.29) is 17.0 Å². The molecule has 0 bridgehead atoms. The first-order chi connectivity index (χ1) is 15.5. The predicted octanol–water partition coefficient (Wildman–Crippen LogP) is 3.64. The van der Waals surface area contributed by atoms with Crippen molar-refractivity contribution in [1.29, 1.82) is 0 Å². The number of carbonyl (C=O) groups is 2. The van der Waals surface area contributed by atoms with Gasteiger partial charge in [0.2, 0.25) is 0 Å². The van der Waals surface area contributed by atoms with E-state index in [1.54, 1.807) is 12.1 Å². The van der Waals surface area contributed by atoms with Gasteiger partial charge in [0, 0.05) is 35.7 Å². The molecule has 2 heterocycles. The summed E-state index contributed by atoms with van der Waals surface area (Å²) in [6.45, 7) is 0.312. The van der Waals surface area contributed by atoms with Gasteiger partial charge in [-0.15, -0.1) is 0 Å². The molecule has 1 aromatic heterocycles. The average molecular weight is 457 g/mol. The topological polar surface area (TPSA) is 87.3 Å². The number of aromatic nitrogens is 2. The van der Waals surface area contributed by atoms with Crippen LogP contribution in [0, 0.1) is 5.82 Å². The van der Waals surface area contributed by atoms with E-state index in [4.69, 9.17) is 16.3 Å². The summed E-state index contributed by atoms with van der Waals surface area (Å²) in [5.41, 5.74) is 2.54. The van der Waals surface area contributed by atoms with Gasteiger partial charge in [-0.2, -0.15) is 0 Å². The Morgan fingerprint density at radius 1 is 1.31 bits per heavy atom. The number of esters is 1. The zero-order valence-electron chi connectivity index (χ0n) is 17.3. The number of imidazole rings is 1. The number of rotatable bonds is 5.